The normalized spacial score (nSPS) is 10.1. The van der Waals surface area contributed by atoms with Gasteiger partial charge in [0.25, 0.3) is 0 Å². The van der Waals surface area contributed by atoms with Gasteiger partial charge in [0, 0.05) is 16.8 Å². The van der Waals surface area contributed by atoms with E-state index in [0.29, 0.717) is 28.3 Å². The van der Waals surface area contributed by atoms with Crippen molar-refractivity contribution in [2.75, 3.05) is 20.0 Å². The van der Waals surface area contributed by atoms with E-state index in [-0.39, 0.29) is 5.56 Å². The molecule has 5 heteroatoms. The summed E-state index contributed by atoms with van der Waals surface area (Å²) in [5.74, 6) is -0.234. The predicted octanol–water partition coefficient (Wildman–Crippen LogP) is 2.65. The van der Waals surface area contributed by atoms with E-state index >= 15 is 0 Å². The second-order valence-corrected chi connectivity index (χ2v) is 4.15. The monoisotopic (exact) mass is 273 g/mol. The summed E-state index contributed by atoms with van der Waals surface area (Å²) in [6.07, 6.45) is 0. The zero-order valence-corrected chi connectivity index (χ0v) is 11.2. The Balaban J connectivity index is 2.76. The standard InChI is InChI=1S/C15H15NO4/c1-19-13-8-9(15(17)18)7-11(14(13)20-2)10-5-3-4-6-12(10)16/h3-8H,16H2,1-2H3,(H,17,18). The van der Waals surface area contributed by atoms with Crippen molar-refractivity contribution < 1.29 is 19.4 Å². The Morgan fingerprint density at radius 2 is 1.80 bits per heavy atom. The fourth-order valence-electron chi connectivity index (χ4n) is 2.03. The molecular formula is C15H15NO4. The Labute approximate surface area is 116 Å². The van der Waals surface area contributed by atoms with E-state index in [2.05, 4.69) is 0 Å². The molecule has 0 aliphatic carbocycles. The van der Waals surface area contributed by atoms with E-state index in [1.807, 2.05) is 12.1 Å². The second kappa shape index (κ2) is 5.52. The SMILES string of the molecule is COc1cc(C(=O)O)cc(-c2ccccc2N)c1OC. The molecule has 0 radical (unpaired) electrons. The van der Waals surface area contributed by atoms with E-state index in [9.17, 15) is 9.90 Å². The number of rotatable bonds is 4. The molecule has 20 heavy (non-hydrogen) atoms. The first kappa shape index (κ1) is 13.7. The molecule has 0 unspecified atom stereocenters. The van der Waals surface area contributed by atoms with Crippen LogP contribution < -0.4 is 15.2 Å². The maximum Gasteiger partial charge on any atom is 0.335 e. The molecule has 0 heterocycles. The van der Waals surface area contributed by atoms with E-state index in [0.717, 1.165) is 0 Å². The Kier molecular flexibility index (Phi) is 3.79. The van der Waals surface area contributed by atoms with Crippen molar-refractivity contribution in [2.45, 2.75) is 0 Å². The third-order valence-electron chi connectivity index (χ3n) is 2.98. The Hall–Kier alpha value is -2.69. The number of hydrogen-bond donors (Lipinski definition) is 2. The predicted molar refractivity (Wildman–Crippen MR) is 76.4 cm³/mol. The topological polar surface area (TPSA) is 81.8 Å². The highest BCUT2D eigenvalue weighted by Crippen LogP contribution is 2.41. The fourth-order valence-corrected chi connectivity index (χ4v) is 2.03. The summed E-state index contributed by atoms with van der Waals surface area (Å²) in [4.78, 5) is 11.2. The molecular weight excluding hydrogens is 258 g/mol. The lowest BCUT2D eigenvalue weighted by molar-refractivity contribution is 0.0696. The van der Waals surface area contributed by atoms with Gasteiger partial charge in [-0.15, -0.1) is 0 Å². The Bertz CT molecular complexity index is 652. The molecule has 2 aromatic carbocycles. The molecule has 0 bridgehead atoms. The van der Waals surface area contributed by atoms with Crippen LogP contribution in [0, 0.1) is 0 Å². The maximum atomic E-state index is 11.2. The Morgan fingerprint density at radius 3 is 2.35 bits per heavy atom. The first-order valence-corrected chi connectivity index (χ1v) is 5.92. The third-order valence-corrected chi connectivity index (χ3v) is 2.98. The summed E-state index contributed by atoms with van der Waals surface area (Å²) >= 11 is 0. The van der Waals surface area contributed by atoms with Crippen LogP contribution in [0.15, 0.2) is 36.4 Å². The lowest BCUT2D eigenvalue weighted by Crippen LogP contribution is -2.01. The zero-order valence-electron chi connectivity index (χ0n) is 11.2. The van der Waals surface area contributed by atoms with Crippen LogP contribution in [-0.2, 0) is 0 Å². The quantitative estimate of drug-likeness (QED) is 0.837. The van der Waals surface area contributed by atoms with Crippen LogP contribution in [0.3, 0.4) is 0 Å². The summed E-state index contributed by atoms with van der Waals surface area (Å²) in [6, 6.07) is 10.1. The van der Waals surface area contributed by atoms with E-state index in [4.69, 9.17) is 15.2 Å². The van der Waals surface area contributed by atoms with Crippen molar-refractivity contribution in [1.29, 1.82) is 0 Å². The van der Waals surface area contributed by atoms with Crippen LogP contribution in [0.1, 0.15) is 10.4 Å². The highest BCUT2D eigenvalue weighted by molar-refractivity contribution is 5.93. The minimum atomic E-state index is -1.04. The van der Waals surface area contributed by atoms with Gasteiger partial charge < -0.3 is 20.3 Å². The van der Waals surface area contributed by atoms with Gasteiger partial charge in [0.05, 0.1) is 19.8 Å². The molecule has 0 atom stereocenters. The number of carbonyl (C=O) groups is 1. The molecule has 104 valence electrons. The van der Waals surface area contributed by atoms with Crippen LogP contribution >= 0.6 is 0 Å². The van der Waals surface area contributed by atoms with E-state index < -0.39 is 5.97 Å². The number of hydrogen-bond acceptors (Lipinski definition) is 4. The van der Waals surface area contributed by atoms with E-state index in [1.54, 1.807) is 12.1 Å². The van der Waals surface area contributed by atoms with Gasteiger partial charge in [0.2, 0.25) is 0 Å². The van der Waals surface area contributed by atoms with E-state index in [1.165, 1.54) is 26.4 Å². The number of carboxylic acids is 1. The number of nitrogen functional groups attached to an aromatic ring is 1. The van der Waals surface area contributed by atoms with Gasteiger partial charge in [0.1, 0.15) is 0 Å². The molecule has 0 aromatic heterocycles. The molecule has 0 fully saturated rings. The molecule has 3 N–H and O–H groups in total. The second-order valence-electron chi connectivity index (χ2n) is 4.15. The average Bonchev–Trinajstić information content (AvgIpc) is 2.46. The Morgan fingerprint density at radius 1 is 1.10 bits per heavy atom. The minimum Gasteiger partial charge on any atom is -0.493 e. The number of benzene rings is 2. The van der Waals surface area contributed by atoms with Crippen molar-refractivity contribution in [2.24, 2.45) is 0 Å². The smallest absolute Gasteiger partial charge is 0.335 e. The molecule has 2 aromatic rings. The summed E-state index contributed by atoms with van der Waals surface area (Å²) in [6.45, 7) is 0. The van der Waals surface area contributed by atoms with Crippen LogP contribution in [0.4, 0.5) is 5.69 Å². The number of carboxylic acid groups (broad SMARTS) is 1. The van der Waals surface area contributed by atoms with Gasteiger partial charge in [0.15, 0.2) is 11.5 Å². The van der Waals surface area contributed by atoms with Gasteiger partial charge >= 0.3 is 5.97 Å². The number of para-hydroxylation sites is 1. The number of aromatic carboxylic acids is 1. The summed E-state index contributed by atoms with van der Waals surface area (Å²) in [5, 5.41) is 9.18. The molecule has 0 saturated heterocycles. The summed E-state index contributed by atoms with van der Waals surface area (Å²) in [7, 11) is 2.96. The number of anilines is 1. The minimum absolute atomic E-state index is 0.112. The molecule has 5 nitrogen and oxygen atoms in total. The fraction of sp³-hybridized carbons (Fsp3) is 0.133. The highest BCUT2D eigenvalue weighted by Gasteiger charge is 2.18. The van der Waals surface area contributed by atoms with Crippen molar-refractivity contribution in [3.05, 3.63) is 42.0 Å². The molecule has 0 aliphatic heterocycles. The van der Waals surface area contributed by atoms with Gasteiger partial charge in [-0.3, -0.25) is 0 Å². The van der Waals surface area contributed by atoms with Crippen molar-refractivity contribution in [3.8, 4) is 22.6 Å². The molecule has 0 saturated carbocycles. The first-order chi connectivity index (χ1) is 9.58. The van der Waals surface area contributed by atoms with Crippen molar-refractivity contribution in [1.82, 2.24) is 0 Å². The molecule has 2 rings (SSSR count). The highest BCUT2D eigenvalue weighted by atomic mass is 16.5. The zero-order chi connectivity index (χ0) is 14.7. The molecule has 0 amide bonds. The number of methoxy groups -OCH3 is 2. The van der Waals surface area contributed by atoms with Crippen molar-refractivity contribution >= 4 is 11.7 Å². The largest absolute Gasteiger partial charge is 0.493 e. The van der Waals surface area contributed by atoms with Crippen LogP contribution in [-0.4, -0.2) is 25.3 Å². The molecule has 0 aliphatic rings. The van der Waals surface area contributed by atoms with Crippen LogP contribution in [0.2, 0.25) is 0 Å². The van der Waals surface area contributed by atoms with Gasteiger partial charge in [-0.2, -0.15) is 0 Å². The lowest BCUT2D eigenvalue weighted by atomic mass is 9.99. The van der Waals surface area contributed by atoms with Gasteiger partial charge in [-0.05, 0) is 18.2 Å². The molecule has 0 spiro atoms. The summed E-state index contributed by atoms with van der Waals surface area (Å²) in [5.41, 5.74) is 7.88. The average molecular weight is 273 g/mol. The third kappa shape index (κ3) is 2.38. The number of ether oxygens (including phenoxy) is 2. The maximum absolute atomic E-state index is 11.2. The van der Waals surface area contributed by atoms with Crippen LogP contribution in [0.25, 0.3) is 11.1 Å². The van der Waals surface area contributed by atoms with Crippen LogP contribution in [0.5, 0.6) is 11.5 Å². The number of nitrogens with two attached hydrogens (primary N) is 1. The first-order valence-electron chi connectivity index (χ1n) is 5.92. The van der Waals surface area contributed by atoms with Crippen molar-refractivity contribution in [3.63, 3.8) is 0 Å². The van der Waals surface area contributed by atoms with Gasteiger partial charge in [-0.25, -0.2) is 4.79 Å². The van der Waals surface area contributed by atoms with Gasteiger partial charge in [-0.1, -0.05) is 18.2 Å². The lowest BCUT2D eigenvalue weighted by Gasteiger charge is -2.15. The summed E-state index contributed by atoms with van der Waals surface area (Å²) < 4.78 is 10.5.